The van der Waals surface area contributed by atoms with Crippen LogP contribution in [0.4, 0.5) is 0 Å². The van der Waals surface area contributed by atoms with Crippen molar-refractivity contribution in [3.05, 3.63) is 45.9 Å². The van der Waals surface area contributed by atoms with E-state index in [-0.39, 0.29) is 5.41 Å². The van der Waals surface area contributed by atoms with Crippen molar-refractivity contribution in [3.63, 3.8) is 0 Å². The van der Waals surface area contributed by atoms with Crippen molar-refractivity contribution in [1.82, 2.24) is 4.98 Å². The van der Waals surface area contributed by atoms with Crippen LogP contribution in [0.25, 0.3) is 0 Å². The van der Waals surface area contributed by atoms with Crippen LogP contribution in [0.15, 0.2) is 29.6 Å². The monoisotopic (exact) mass is 275 g/mol. The average molecular weight is 275 g/mol. The molecule has 102 valence electrons. The van der Waals surface area contributed by atoms with Gasteiger partial charge < -0.3 is 4.74 Å². The minimum Gasteiger partial charge on any atom is -0.486 e. The fourth-order valence-corrected chi connectivity index (χ4v) is 2.73. The van der Waals surface area contributed by atoms with E-state index in [0.717, 1.165) is 22.9 Å². The molecule has 0 atom stereocenters. The average Bonchev–Trinajstić information content (AvgIpc) is 2.85. The van der Waals surface area contributed by atoms with Gasteiger partial charge in [0.15, 0.2) is 0 Å². The van der Waals surface area contributed by atoms with E-state index < -0.39 is 0 Å². The second kappa shape index (κ2) is 5.74. The van der Waals surface area contributed by atoms with Gasteiger partial charge in [-0.2, -0.15) is 0 Å². The molecule has 0 amide bonds. The lowest BCUT2D eigenvalue weighted by molar-refractivity contribution is 0.302. The van der Waals surface area contributed by atoms with Crippen LogP contribution in [0.1, 0.15) is 44.0 Å². The summed E-state index contributed by atoms with van der Waals surface area (Å²) in [7, 11) is 0. The minimum absolute atomic E-state index is 0.107. The molecule has 2 nitrogen and oxygen atoms in total. The van der Waals surface area contributed by atoms with Crippen molar-refractivity contribution in [2.45, 2.75) is 46.1 Å². The Hall–Kier alpha value is -1.35. The van der Waals surface area contributed by atoms with E-state index in [1.807, 2.05) is 18.2 Å². The number of thiazole rings is 1. The number of hydrogen-bond acceptors (Lipinski definition) is 3. The van der Waals surface area contributed by atoms with Crippen molar-refractivity contribution in [2.75, 3.05) is 0 Å². The predicted molar refractivity (Wildman–Crippen MR) is 81.0 cm³/mol. The summed E-state index contributed by atoms with van der Waals surface area (Å²) < 4.78 is 5.89. The molecule has 1 aromatic heterocycles. The molecule has 0 fully saturated rings. The SMILES string of the molecule is CCc1ccccc1OCc1nc(C(C)(C)C)cs1. The molecule has 0 bridgehead atoms. The highest BCUT2D eigenvalue weighted by molar-refractivity contribution is 7.09. The third-order valence-corrected chi connectivity index (χ3v) is 3.85. The van der Waals surface area contributed by atoms with Crippen molar-refractivity contribution < 1.29 is 4.74 Å². The summed E-state index contributed by atoms with van der Waals surface area (Å²) in [6.07, 6.45) is 0.987. The molecule has 0 unspecified atom stereocenters. The lowest BCUT2D eigenvalue weighted by Crippen LogP contribution is -2.11. The summed E-state index contributed by atoms with van der Waals surface area (Å²) in [5, 5.41) is 3.17. The maximum absolute atomic E-state index is 5.89. The largest absolute Gasteiger partial charge is 0.486 e. The van der Waals surface area contributed by atoms with Gasteiger partial charge in [0.2, 0.25) is 0 Å². The highest BCUT2D eigenvalue weighted by Gasteiger charge is 2.17. The van der Waals surface area contributed by atoms with Crippen LogP contribution in [0.2, 0.25) is 0 Å². The van der Waals surface area contributed by atoms with Crippen molar-refractivity contribution in [1.29, 1.82) is 0 Å². The zero-order valence-electron chi connectivity index (χ0n) is 12.1. The highest BCUT2D eigenvalue weighted by atomic mass is 32.1. The Kier molecular flexibility index (Phi) is 4.25. The summed E-state index contributed by atoms with van der Waals surface area (Å²) in [6, 6.07) is 8.19. The molecule has 0 N–H and O–H groups in total. The second-order valence-corrected chi connectivity index (χ2v) is 6.57. The Morgan fingerprint density at radius 3 is 2.58 bits per heavy atom. The Bertz CT molecular complexity index is 540. The van der Waals surface area contributed by atoms with Crippen LogP contribution in [-0.2, 0) is 18.4 Å². The fraction of sp³-hybridized carbons (Fsp3) is 0.438. The lowest BCUT2D eigenvalue weighted by atomic mass is 9.93. The zero-order chi connectivity index (χ0) is 13.9. The van der Waals surface area contributed by atoms with Gasteiger partial charge in [-0.1, -0.05) is 45.9 Å². The van der Waals surface area contributed by atoms with Crippen LogP contribution in [0.5, 0.6) is 5.75 Å². The van der Waals surface area contributed by atoms with Crippen molar-refractivity contribution in [2.24, 2.45) is 0 Å². The lowest BCUT2D eigenvalue weighted by Gasteiger charge is -2.14. The fourth-order valence-electron chi connectivity index (χ4n) is 1.80. The third kappa shape index (κ3) is 3.57. The number of nitrogens with zero attached hydrogens (tertiary/aromatic N) is 1. The number of benzene rings is 1. The van der Waals surface area contributed by atoms with E-state index in [2.05, 4.69) is 44.1 Å². The summed E-state index contributed by atoms with van der Waals surface area (Å²) in [6.45, 7) is 9.23. The Labute approximate surface area is 119 Å². The van der Waals surface area contributed by atoms with Crippen LogP contribution in [-0.4, -0.2) is 4.98 Å². The molecular weight excluding hydrogens is 254 g/mol. The van der Waals surface area contributed by atoms with Crippen molar-refractivity contribution in [3.8, 4) is 5.75 Å². The van der Waals surface area contributed by atoms with Gasteiger partial charge in [-0.3, -0.25) is 0 Å². The number of rotatable bonds is 4. The molecule has 0 radical (unpaired) electrons. The van der Waals surface area contributed by atoms with Gasteiger partial charge in [0, 0.05) is 10.8 Å². The first-order valence-corrected chi connectivity index (χ1v) is 7.54. The van der Waals surface area contributed by atoms with E-state index in [4.69, 9.17) is 4.74 Å². The quantitative estimate of drug-likeness (QED) is 0.814. The number of aromatic nitrogens is 1. The molecule has 0 spiro atoms. The first kappa shape index (κ1) is 14.1. The maximum Gasteiger partial charge on any atom is 0.140 e. The molecule has 3 heteroatoms. The highest BCUT2D eigenvalue weighted by Crippen LogP contribution is 2.25. The number of aryl methyl sites for hydroxylation is 1. The van der Waals surface area contributed by atoms with Gasteiger partial charge in [-0.25, -0.2) is 4.98 Å². The Morgan fingerprint density at radius 2 is 1.95 bits per heavy atom. The zero-order valence-corrected chi connectivity index (χ0v) is 12.9. The maximum atomic E-state index is 5.89. The summed E-state index contributed by atoms with van der Waals surface area (Å²) in [4.78, 5) is 4.65. The molecular formula is C16H21NOS. The van der Waals surface area contributed by atoms with Gasteiger partial charge in [-0.15, -0.1) is 11.3 Å². The summed E-state index contributed by atoms with van der Waals surface area (Å²) in [5.74, 6) is 0.970. The molecule has 0 aliphatic rings. The standard InChI is InChI=1S/C16H21NOS/c1-5-12-8-6-7-9-13(12)18-10-15-17-14(11-19-15)16(2,3)4/h6-9,11H,5,10H2,1-4H3. The predicted octanol–water partition coefficient (Wildman–Crippen LogP) is 4.58. The smallest absolute Gasteiger partial charge is 0.140 e. The number of hydrogen-bond donors (Lipinski definition) is 0. The molecule has 0 saturated carbocycles. The molecule has 2 rings (SSSR count). The van der Waals surface area contributed by atoms with Crippen LogP contribution >= 0.6 is 11.3 Å². The third-order valence-electron chi connectivity index (χ3n) is 3.02. The van der Waals surface area contributed by atoms with E-state index in [1.165, 1.54) is 5.56 Å². The van der Waals surface area contributed by atoms with E-state index >= 15 is 0 Å². The van der Waals surface area contributed by atoms with E-state index in [9.17, 15) is 0 Å². The molecule has 0 aliphatic heterocycles. The number of ether oxygens (including phenoxy) is 1. The molecule has 1 aromatic carbocycles. The molecule has 0 saturated heterocycles. The van der Waals surface area contributed by atoms with Crippen LogP contribution in [0.3, 0.4) is 0 Å². The first-order chi connectivity index (χ1) is 9.00. The molecule has 2 aromatic rings. The van der Waals surface area contributed by atoms with E-state index in [0.29, 0.717) is 6.61 Å². The summed E-state index contributed by atoms with van der Waals surface area (Å²) >= 11 is 1.67. The van der Waals surface area contributed by atoms with Gasteiger partial charge in [0.05, 0.1) is 5.69 Å². The molecule has 1 heterocycles. The summed E-state index contributed by atoms with van der Waals surface area (Å²) in [5.41, 5.74) is 2.49. The Balaban J connectivity index is 2.05. The van der Waals surface area contributed by atoms with Crippen molar-refractivity contribution >= 4 is 11.3 Å². The van der Waals surface area contributed by atoms with Gasteiger partial charge >= 0.3 is 0 Å². The van der Waals surface area contributed by atoms with Crippen LogP contribution < -0.4 is 4.74 Å². The van der Waals surface area contributed by atoms with Crippen LogP contribution in [0, 0.1) is 0 Å². The minimum atomic E-state index is 0.107. The topological polar surface area (TPSA) is 22.1 Å². The normalized spacial score (nSPS) is 11.6. The number of para-hydroxylation sites is 1. The first-order valence-electron chi connectivity index (χ1n) is 6.66. The molecule has 19 heavy (non-hydrogen) atoms. The van der Waals surface area contributed by atoms with E-state index in [1.54, 1.807) is 11.3 Å². The Morgan fingerprint density at radius 1 is 1.21 bits per heavy atom. The van der Waals surface area contributed by atoms with Gasteiger partial charge in [0.1, 0.15) is 17.4 Å². The second-order valence-electron chi connectivity index (χ2n) is 5.63. The van der Waals surface area contributed by atoms with Gasteiger partial charge in [0.25, 0.3) is 0 Å². The molecule has 0 aliphatic carbocycles. The van der Waals surface area contributed by atoms with Gasteiger partial charge in [-0.05, 0) is 18.1 Å².